The molecule has 1 aliphatic carbocycles. The summed E-state index contributed by atoms with van der Waals surface area (Å²) in [5, 5.41) is 10.6. The zero-order valence-electron chi connectivity index (χ0n) is 9.25. The van der Waals surface area contributed by atoms with E-state index in [2.05, 4.69) is 0 Å². The molecule has 2 N–H and O–H groups in total. The van der Waals surface area contributed by atoms with E-state index in [0.29, 0.717) is 12.0 Å². The van der Waals surface area contributed by atoms with Crippen LogP contribution in [0.2, 0.25) is 0 Å². The summed E-state index contributed by atoms with van der Waals surface area (Å²) in [7, 11) is 0. The molecule has 6 heteroatoms. The number of rotatable bonds is 2. The lowest BCUT2D eigenvalue weighted by Crippen LogP contribution is -2.26. The smallest absolute Gasteiger partial charge is 0.302 e. The van der Waals surface area contributed by atoms with Gasteiger partial charge in [0.25, 0.3) is 5.69 Å². The van der Waals surface area contributed by atoms with Gasteiger partial charge in [0, 0.05) is 25.5 Å². The Labute approximate surface area is 97.5 Å². The number of nitrogens with zero attached hydrogens (tertiary/aromatic N) is 1. The quantitative estimate of drug-likeness (QED) is 0.471. The van der Waals surface area contributed by atoms with Crippen molar-refractivity contribution in [1.29, 1.82) is 0 Å². The molecule has 0 aromatic heterocycles. The Morgan fingerprint density at radius 2 is 2.29 bits per heavy atom. The van der Waals surface area contributed by atoms with Gasteiger partial charge in [-0.25, -0.2) is 0 Å². The van der Waals surface area contributed by atoms with Gasteiger partial charge in [-0.15, -0.1) is 0 Å². The topological polar surface area (TPSA) is 95.5 Å². The molecular formula is C11H12N2O4. The predicted octanol–water partition coefficient (Wildman–Crippen LogP) is 1.08. The van der Waals surface area contributed by atoms with Crippen LogP contribution in [0.1, 0.15) is 24.1 Å². The molecule has 0 fully saturated rings. The molecule has 0 bridgehead atoms. The van der Waals surface area contributed by atoms with E-state index in [1.54, 1.807) is 6.07 Å². The van der Waals surface area contributed by atoms with Gasteiger partial charge in [0.15, 0.2) is 0 Å². The van der Waals surface area contributed by atoms with E-state index in [4.69, 9.17) is 10.5 Å². The fourth-order valence-corrected chi connectivity index (χ4v) is 2.06. The van der Waals surface area contributed by atoms with Gasteiger partial charge in [-0.1, -0.05) is 6.07 Å². The first-order valence-electron chi connectivity index (χ1n) is 5.19. The minimum atomic E-state index is -0.492. The van der Waals surface area contributed by atoms with Gasteiger partial charge in [0.05, 0.1) is 11.0 Å². The minimum Gasteiger partial charge on any atom is -0.460 e. The van der Waals surface area contributed by atoms with Crippen LogP contribution in [-0.2, 0) is 16.0 Å². The summed E-state index contributed by atoms with van der Waals surface area (Å²) in [6.07, 6.45) is 0.0816. The summed E-state index contributed by atoms with van der Waals surface area (Å²) in [4.78, 5) is 21.1. The molecule has 2 unspecified atom stereocenters. The maximum atomic E-state index is 10.9. The summed E-state index contributed by atoms with van der Waals surface area (Å²) in [6.45, 7) is 1.32. The molecule has 0 saturated heterocycles. The van der Waals surface area contributed by atoms with E-state index >= 15 is 0 Å². The molecule has 90 valence electrons. The summed E-state index contributed by atoms with van der Waals surface area (Å²) in [5.41, 5.74) is 7.49. The van der Waals surface area contributed by atoms with Crippen LogP contribution in [0.5, 0.6) is 0 Å². The van der Waals surface area contributed by atoms with Crippen molar-refractivity contribution in [3.05, 3.63) is 39.4 Å². The Bertz CT molecular complexity index is 486. The van der Waals surface area contributed by atoms with E-state index in [-0.39, 0.29) is 5.69 Å². The second kappa shape index (κ2) is 4.14. The van der Waals surface area contributed by atoms with Crippen LogP contribution in [0.15, 0.2) is 18.2 Å². The molecule has 1 aliphatic rings. The van der Waals surface area contributed by atoms with Crippen LogP contribution in [0.3, 0.4) is 0 Å². The van der Waals surface area contributed by atoms with E-state index in [1.807, 2.05) is 0 Å². The number of benzene rings is 1. The van der Waals surface area contributed by atoms with Crippen molar-refractivity contribution >= 4 is 11.7 Å². The lowest BCUT2D eigenvalue weighted by atomic mass is 10.1. The van der Waals surface area contributed by atoms with E-state index in [0.717, 1.165) is 5.56 Å². The molecule has 0 spiro atoms. The van der Waals surface area contributed by atoms with Gasteiger partial charge in [-0.2, -0.15) is 0 Å². The van der Waals surface area contributed by atoms with Gasteiger partial charge in [-0.05, 0) is 11.1 Å². The number of hydrogen-bond acceptors (Lipinski definition) is 5. The molecule has 0 saturated carbocycles. The molecule has 1 aromatic carbocycles. The van der Waals surface area contributed by atoms with E-state index in [9.17, 15) is 14.9 Å². The van der Waals surface area contributed by atoms with Crippen LogP contribution >= 0.6 is 0 Å². The van der Waals surface area contributed by atoms with Crippen molar-refractivity contribution in [3.63, 3.8) is 0 Å². The molecule has 2 atom stereocenters. The van der Waals surface area contributed by atoms with Gasteiger partial charge >= 0.3 is 5.97 Å². The van der Waals surface area contributed by atoms with Crippen molar-refractivity contribution in [2.75, 3.05) is 0 Å². The average molecular weight is 236 g/mol. The van der Waals surface area contributed by atoms with Crippen LogP contribution in [0, 0.1) is 10.1 Å². The molecule has 0 aliphatic heterocycles. The number of non-ortho nitro benzene ring substituents is 1. The predicted molar refractivity (Wildman–Crippen MR) is 59.3 cm³/mol. The molecule has 0 heterocycles. The molecule has 2 rings (SSSR count). The van der Waals surface area contributed by atoms with Crippen molar-refractivity contribution in [1.82, 2.24) is 0 Å². The standard InChI is InChI=1S/C11H12N2O4/c1-6(14)17-10-4-7-2-3-8(13(15)16)5-9(7)11(10)12/h2-3,5,10-11H,4,12H2,1H3. The number of carbonyl (C=O) groups excluding carboxylic acids is 1. The molecule has 1 aromatic rings. The summed E-state index contributed by atoms with van der Waals surface area (Å²) >= 11 is 0. The highest BCUT2D eigenvalue weighted by Gasteiger charge is 2.33. The fraction of sp³-hybridized carbons (Fsp3) is 0.364. The van der Waals surface area contributed by atoms with Crippen LogP contribution in [0.25, 0.3) is 0 Å². The molecule has 17 heavy (non-hydrogen) atoms. The van der Waals surface area contributed by atoms with E-state index in [1.165, 1.54) is 19.1 Å². The van der Waals surface area contributed by atoms with Crippen molar-refractivity contribution < 1.29 is 14.5 Å². The largest absolute Gasteiger partial charge is 0.460 e. The Morgan fingerprint density at radius 1 is 1.59 bits per heavy atom. The van der Waals surface area contributed by atoms with Crippen LogP contribution < -0.4 is 5.73 Å². The molecular weight excluding hydrogens is 224 g/mol. The minimum absolute atomic E-state index is 0.00248. The number of carbonyl (C=O) groups is 1. The average Bonchev–Trinajstić information content (AvgIpc) is 2.55. The Hall–Kier alpha value is -1.95. The van der Waals surface area contributed by atoms with E-state index < -0.39 is 23.0 Å². The molecule has 0 radical (unpaired) electrons. The van der Waals surface area contributed by atoms with Crippen molar-refractivity contribution in [2.45, 2.75) is 25.5 Å². The number of fused-ring (bicyclic) bond motifs is 1. The highest BCUT2D eigenvalue weighted by Crippen LogP contribution is 2.34. The highest BCUT2D eigenvalue weighted by molar-refractivity contribution is 5.66. The number of nitro groups is 1. The maximum absolute atomic E-state index is 10.9. The Morgan fingerprint density at radius 3 is 2.88 bits per heavy atom. The summed E-state index contributed by atoms with van der Waals surface area (Å²) < 4.78 is 5.07. The summed E-state index contributed by atoms with van der Waals surface area (Å²) in [6, 6.07) is 4.05. The third kappa shape index (κ3) is 2.12. The van der Waals surface area contributed by atoms with Crippen molar-refractivity contribution in [2.24, 2.45) is 5.73 Å². The number of nitrogens with two attached hydrogens (primary N) is 1. The van der Waals surface area contributed by atoms with Crippen LogP contribution in [0.4, 0.5) is 5.69 Å². The zero-order chi connectivity index (χ0) is 12.6. The van der Waals surface area contributed by atoms with Crippen LogP contribution in [-0.4, -0.2) is 17.0 Å². The van der Waals surface area contributed by atoms with Gasteiger partial charge in [0.2, 0.25) is 0 Å². The normalized spacial score (nSPS) is 22.0. The first-order valence-corrected chi connectivity index (χ1v) is 5.19. The second-order valence-corrected chi connectivity index (χ2v) is 4.02. The highest BCUT2D eigenvalue weighted by atomic mass is 16.6. The number of hydrogen-bond donors (Lipinski definition) is 1. The third-order valence-corrected chi connectivity index (χ3v) is 2.84. The SMILES string of the molecule is CC(=O)OC1Cc2ccc([N+](=O)[O-])cc2C1N. The second-order valence-electron chi connectivity index (χ2n) is 4.02. The molecule has 6 nitrogen and oxygen atoms in total. The van der Waals surface area contributed by atoms with Crippen molar-refractivity contribution in [3.8, 4) is 0 Å². The molecule has 0 amide bonds. The Kier molecular flexibility index (Phi) is 2.81. The summed E-state index contributed by atoms with van der Waals surface area (Å²) in [5.74, 6) is -0.396. The first kappa shape index (κ1) is 11.5. The fourth-order valence-electron chi connectivity index (χ4n) is 2.06. The maximum Gasteiger partial charge on any atom is 0.302 e. The Balaban J connectivity index is 2.29. The number of esters is 1. The zero-order valence-corrected chi connectivity index (χ0v) is 9.25. The third-order valence-electron chi connectivity index (χ3n) is 2.84. The monoisotopic (exact) mass is 236 g/mol. The number of nitro benzene ring substituents is 1. The van der Waals surface area contributed by atoms with Gasteiger partial charge in [-0.3, -0.25) is 14.9 Å². The first-order chi connectivity index (χ1) is 7.99. The lowest BCUT2D eigenvalue weighted by molar-refractivity contribution is -0.384. The number of ether oxygens (including phenoxy) is 1. The lowest BCUT2D eigenvalue weighted by Gasteiger charge is -2.15. The van der Waals surface area contributed by atoms with Gasteiger partial charge in [0.1, 0.15) is 6.10 Å². The van der Waals surface area contributed by atoms with Gasteiger partial charge < -0.3 is 10.5 Å².